The van der Waals surface area contributed by atoms with Gasteiger partial charge in [0.05, 0.1) is 9.93 Å². The molecule has 168 valence electrons. The van der Waals surface area contributed by atoms with E-state index in [9.17, 15) is 13.5 Å². The highest BCUT2D eigenvalue weighted by Crippen LogP contribution is 2.42. The van der Waals surface area contributed by atoms with E-state index in [4.69, 9.17) is 11.6 Å². The molecule has 2 N–H and O–H groups in total. The Morgan fingerprint density at radius 2 is 1.90 bits per heavy atom. The van der Waals surface area contributed by atoms with Gasteiger partial charge < -0.3 is 5.11 Å². The summed E-state index contributed by atoms with van der Waals surface area (Å²) in [6.07, 6.45) is 14.2. The Hall–Kier alpha value is -2.08. The van der Waals surface area contributed by atoms with Crippen LogP contribution in [0.15, 0.2) is 70.2 Å². The molecule has 0 saturated heterocycles. The molecule has 0 spiro atoms. The Kier molecular flexibility index (Phi) is 8.52. The van der Waals surface area contributed by atoms with Crippen LogP contribution in [0.2, 0.25) is 5.02 Å². The second-order valence-corrected chi connectivity index (χ2v) is 10.8. The van der Waals surface area contributed by atoms with Crippen molar-refractivity contribution in [2.45, 2.75) is 47.0 Å². The van der Waals surface area contributed by atoms with Gasteiger partial charge in [-0.15, -0.1) is 0 Å². The highest BCUT2D eigenvalue weighted by atomic mass is 35.5. The standard InChI is InChI=1S/C25H32ClNO3S/c1-18(8-6-9-19(2)16-20-12-14-23(28)22(26)17-20)11-13-21-24(31(29,30)27-5)10-7-15-25(21,3)4/h6,8-9,11-14,16-17,27-28H,7,10,15H2,1-5H3/b9-6+,13-11+,18-8+,19-16+. The summed E-state index contributed by atoms with van der Waals surface area (Å²) in [6, 6.07) is 5.09. The SMILES string of the molecule is CNS(=O)(=O)C1=C(/C=C/C(C)=C/C=C/C(C)=C/c2ccc(O)c(Cl)c2)C(C)(C)CCC1. The average Bonchev–Trinajstić information content (AvgIpc) is 2.69. The normalized spacial score (nSPS) is 18.4. The Morgan fingerprint density at radius 1 is 1.19 bits per heavy atom. The van der Waals surface area contributed by atoms with Gasteiger partial charge in [-0.25, -0.2) is 13.1 Å². The van der Waals surface area contributed by atoms with Crippen LogP contribution in [-0.4, -0.2) is 20.6 Å². The zero-order valence-electron chi connectivity index (χ0n) is 18.9. The van der Waals surface area contributed by atoms with Crippen molar-refractivity contribution in [1.82, 2.24) is 4.72 Å². The van der Waals surface area contributed by atoms with Gasteiger partial charge in [0, 0.05) is 0 Å². The first-order valence-corrected chi connectivity index (χ1v) is 12.2. The van der Waals surface area contributed by atoms with Gasteiger partial charge in [-0.05, 0) is 68.8 Å². The van der Waals surface area contributed by atoms with Gasteiger partial charge in [0.25, 0.3) is 0 Å². The first kappa shape index (κ1) is 25.2. The van der Waals surface area contributed by atoms with Crippen LogP contribution in [-0.2, 0) is 10.0 Å². The van der Waals surface area contributed by atoms with Crippen molar-refractivity contribution >= 4 is 27.7 Å². The van der Waals surface area contributed by atoms with Crippen LogP contribution in [0.5, 0.6) is 5.75 Å². The summed E-state index contributed by atoms with van der Waals surface area (Å²) in [5, 5.41) is 9.84. The average molecular weight is 462 g/mol. The first-order chi connectivity index (χ1) is 14.5. The summed E-state index contributed by atoms with van der Waals surface area (Å²) in [5.74, 6) is 0.0688. The van der Waals surface area contributed by atoms with E-state index in [0.717, 1.165) is 35.1 Å². The van der Waals surface area contributed by atoms with Crippen molar-refractivity contribution in [2.75, 3.05) is 7.05 Å². The number of halogens is 1. The molecule has 2 rings (SSSR count). The summed E-state index contributed by atoms with van der Waals surface area (Å²) in [5.41, 5.74) is 3.66. The summed E-state index contributed by atoms with van der Waals surface area (Å²) >= 11 is 5.95. The molecule has 6 heteroatoms. The molecule has 1 aliphatic rings. The molecule has 0 unspecified atom stereocenters. The summed E-state index contributed by atoms with van der Waals surface area (Å²) in [7, 11) is -1.98. The topological polar surface area (TPSA) is 66.4 Å². The van der Waals surface area contributed by atoms with Crippen LogP contribution in [0.1, 0.15) is 52.5 Å². The monoisotopic (exact) mass is 461 g/mol. The maximum atomic E-state index is 12.5. The second kappa shape index (κ2) is 10.5. The number of rotatable bonds is 7. The molecule has 0 saturated carbocycles. The molecule has 0 radical (unpaired) electrons. The van der Waals surface area contributed by atoms with Crippen LogP contribution in [0.25, 0.3) is 6.08 Å². The lowest BCUT2D eigenvalue weighted by Gasteiger charge is -2.33. The fraction of sp³-hybridized carbons (Fsp3) is 0.360. The Balaban J connectivity index is 2.21. The maximum Gasteiger partial charge on any atom is 0.236 e. The summed E-state index contributed by atoms with van der Waals surface area (Å²) < 4.78 is 27.4. The smallest absolute Gasteiger partial charge is 0.236 e. The van der Waals surface area contributed by atoms with E-state index in [-0.39, 0.29) is 11.2 Å². The number of benzene rings is 1. The molecular formula is C25H32ClNO3S. The van der Waals surface area contributed by atoms with Crippen LogP contribution in [0.3, 0.4) is 0 Å². The molecular weight excluding hydrogens is 430 g/mol. The summed E-state index contributed by atoms with van der Waals surface area (Å²) in [6.45, 7) is 8.17. The number of hydrogen-bond donors (Lipinski definition) is 2. The van der Waals surface area contributed by atoms with Gasteiger partial charge in [0.2, 0.25) is 10.0 Å². The predicted molar refractivity (Wildman–Crippen MR) is 131 cm³/mol. The van der Waals surface area contributed by atoms with E-state index in [1.54, 1.807) is 18.2 Å². The molecule has 0 atom stereocenters. The maximum absolute atomic E-state index is 12.5. The van der Waals surface area contributed by atoms with Crippen LogP contribution in [0.4, 0.5) is 0 Å². The van der Waals surface area contributed by atoms with E-state index in [0.29, 0.717) is 16.3 Å². The molecule has 4 nitrogen and oxygen atoms in total. The van der Waals surface area contributed by atoms with E-state index in [2.05, 4.69) is 18.6 Å². The minimum atomic E-state index is -3.44. The fourth-order valence-electron chi connectivity index (χ4n) is 3.60. The van der Waals surface area contributed by atoms with Crippen LogP contribution in [0, 0.1) is 5.41 Å². The van der Waals surface area contributed by atoms with E-state index in [1.165, 1.54) is 7.05 Å². The van der Waals surface area contributed by atoms with Crippen molar-refractivity contribution in [3.63, 3.8) is 0 Å². The lowest BCUT2D eigenvalue weighted by atomic mass is 9.75. The zero-order valence-corrected chi connectivity index (χ0v) is 20.4. The Bertz CT molecular complexity index is 1070. The van der Waals surface area contributed by atoms with Gasteiger partial charge in [-0.2, -0.15) is 0 Å². The van der Waals surface area contributed by atoms with Crippen molar-refractivity contribution in [1.29, 1.82) is 0 Å². The highest BCUT2D eigenvalue weighted by Gasteiger charge is 2.33. The minimum absolute atomic E-state index is 0.0688. The van der Waals surface area contributed by atoms with E-state index in [1.807, 2.05) is 50.3 Å². The van der Waals surface area contributed by atoms with E-state index < -0.39 is 10.0 Å². The molecule has 0 bridgehead atoms. The molecule has 0 heterocycles. The van der Waals surface area contributed by atoms with Gasteiger partial charge >= 0.3 is 0 Å². The van der Waals surface area contributed by atoms with Crippen molar-refractivity contribution in [2.24, 2.45) is 5.41 Å². The van der Waals surface area contributed by atoms with Crippen LogP contribution < -0.4 is 4.72 Å². The summed E-state index contributed by atoms with van der Waals surface area (Å²) in [4.78, 5) is 0.497. The largest absolute Gasteiger partial charge is 0.506 e. The number of sulfonamides is 1. The molecule has 1 aromatic rings. The fourth-order valence-corrected chi connectivity index (χ4v) is 5.09. The molecule has 1 aromatic carbocycles. The van der Waals surface area contributed by atoms with Gasteiger partial charge in [-0.3, -0.25) is 0 Å². The molecule has 31 heavy (non-hydrogen) atoms. The second-order valence-electron chi connectivity index (χ2n) is 8.48. The third-order valence-electron chi connectivity index (χ3n) is 5.43. The van der Waals surface area contributed by atoms with E-state index >= 15 is 0 Å². The molecule has 0 amide bonds. The number of hydrogen-bond acceptors (Lipinski definition) is 3. The highest BCUT2D eigenvalue weighted by molar-refractivity contribution is 7.93. The molecule has 0 aliphatic heterocycles. The minimum Gasteiger partial charge on any atom is -0.506 e. The lowest BCUT2D eigenvalue weighted by Crippen LogP contribution is -2.28. The quantitative estimate of drug-likeness (QED) is 0.454. The molecule has 0 aromatic heterocycles. The molecule has 1 aliphatic carbocycles. The third kappa shape index (κ3) is 6.96. The van der Waals surface area contributed by atoms with Crippen molar-refractivity contribution in [3.8, 4) is 5.75 Å². The Labute approximate surface area is 191 Å². The Morgan fingerprint density at radius 3 is 2.55 bits per heavy atom. The van der Waals surface area contributed by atoms with Gasteiger partial charge in [0.1, 0.15) is 5.75 Å². The number of nitrogens with one attached hydrogen (secondary N) is 1. The number of allylic oxidation sites excluding steroid dienone is 9. The number of phenolic OH excluding ortho intramolecular Hbond substituents is 1. The first-order valence-electron chi connectivity index (χ1n) is 10.3. The lowest BCUT2D eigenvalue weighted by molar-refractivity contribution is 0.381. The van der Waals surface area contributed by atoms with Crippen molar-refractivity contribution in [3.05, 3.63) is 80.8 Å². The third-order valence-corrected chi connectivity index (χ3v) is 7.34. The number of aromatic hydroxyl groups is 1. The number of phenols is 1. The van der Waals surface area contributed by atoms with Gasteiger partial charge in [0.15, 0.2) is 0 Å². The van der Waals surface area contributed by atoms with Gasteiger partial charge in [-0.1, -0.05) is 79.1 Å². The zero-order chi connectivity index (χ0) is 23.2. The van der Waals surface area contributed by atoms with Crippen LogP contribution >= 0.6 is 11.6 Å². The van der Waals surface area contributed by atoms with Crippen molar-refractivity contribution < 1.29 is 13.5 Å². The predicted octanol–water partition coefficient (Wildman–Crippen LogP) is 6.52. The molecule has 0 fully saturated rings.